The van der Waals surface area contributed by atoms with Gasteiger partial charge < -0.3 is 5.32 Å². The van der Waals surface area contributed by atoms with Gasteiger partial charge in [0.2, 0.25) is 11.1 Å². The lowest BCUT2D eigenvalue weighted by molar-refractivity contribution is -0.138. The average Bonchev–Trinajstić information content (AvgIpc) is 3.36. The van der Waals surface area contributed by atoms with Gasteiger partial charge in [-0.1, -0.05) is 60.3 Å². The molecule has 2 aromatic carbocycles. The first-order valence-electron chi connectivity index (χ1n) is 9.93. The van der Waals surface area contributed by atoms with Crippen LogP contribution in [0.4, 0.5) is 4.79 Å². The molecule has 1 saturated heterocycles. The lowest BCUT2D eigenvalue weighted by Gasteiger charge is -2.21. The summed E-state index contributed by atoms with van der Waals surface area (Å²) in [7, 11) is 0. The number of para-hydroxylation sites is 1. The zero-order valence-corrected chi connectivity index (χ0v) is 18.1. The van der Waals surface area contributed by atoms with Gasteiger partial charge in [-0.3, -0.25) is 15.0 Å². The summed E-state index contributed by atoms with van der Waals surface area (Å²) < 4.78 is 1.51. The van der Waals surface area contributed by atoms with Crippen LogP contribution in [-0.2, 0) is 16.0 Å². The number of benzene rings is 2. The number of hydrogen-bond donors (Lipinski definition) is 2. The Bertz CT molecular complexity index is 1120. The van der Waals surface area contributed by atoms with Crippen LogP contribution in [0.3, 0.4) is 0 Å². The topological polar surface area (TPSA) is 122 Å². The molecule has 2 N–H and O–H groups in total. The number of hydrogen-bond acceptors (Lipinski definition) is 7. The van der Waals surface area contributed by atoms with Gasteiger partial charge in [-0.15, -0.1) is 5.10 Å². The van der Waals surface area contributed by atoms with Crippen LogP contribution in [0.5, 0.6) is 0 Å². The molecular weight excluding hydrogens is 430 g/mol. The zero-order chi connectivity index (χ0) is 22.6. The highest BCUT2D eigenvalue weighted by Gasteiger charge is 2.48. The molecule has 32 heavy (non-hydrogen) atoms. The van der Waals surface area contributed by atoms with Crippen molar-refractivity contribution < 1.29 is 14.4 Å². The van der Waals surface area contributed by atoms with Crippen molar-refractivity contribution in [1.82, 2.24) is 36.0 Å². The van der Waals surface area contributed by atoms with E-state index in [-0.39, 0.29) is 5.75 Å². The van der Waals surface area contributed by atoms with Crippen molar-refractivity contribution in [3.05, 3.63) is 66.2 Å². The molecule has 1 atom stereocenters. The molecule has 4 rings (SSSR count). The summed E-state index contributed by atoms with van der Waals surface area (Å²) in [4.78, 5) is 37.6. The Labute approximate surface area is 188 Å². The molecule has 0 bridgehead atoms. The number of carbonyl (C=O) groups excluding carboxylic acids is 3. The third-order valence-corrected chi connectivity index (χ3v) is 5.95. The van der Waals surface area contributed by atoms with Crippen molar-refractivity contribution in [2.24, 2.45) is 0 Å². The van der Waals surface area contributed by atoms with Gasteiger partial charge in [-0.2, -0.15) is 9.69 Å². The van der Waals surface area contributed by atoms with Crippen molar-refractivity contribution in [3.63, 3.8) is 0 Å². The van der Waals surface area contributed by atoms with Gasteiger partial charge in [-0.05, 0) is 47.9 Å². The number of hydrazine groups is 1. The van der Waals surface area contributed by atoms with Gasteiger partial charge >= 0.3 is 6.03 Å². The van der Waals surface area contributed by atoms with Crippen LogP contribution in [0.2, 0.25) is 0 Å². The molecule has 164 valence electrons. The Morgan fingerprint density at radius 1 is 1.09 bits per heavy atom. The van der Waals surface area contributed by atoms with Crippen molar-refractivity contribution in [2.45, 2.75) is 30.5 Å². The maximum Gasteiger partial charge on any atom is 0.344 e. The lowest BCUT2D eigenvalue weighted by atomic mass is 9.93. The van der Waals surface area contributed by atoms with Crippen LogP contribution in [0.15, 0.2) is 65.8 Å². The summed E-state index contributed by atoms with van der Waals surface area (Å²) in [5.74, 6) is -1.09. The molecule has 1 aliphatic heterocycles. The molecule has 0 radical (unpaired) electrons. The largest absolute Gasteiger partial charge is 0.344 e. The zero-order valence-electron chi connectivity index (χ0n) is 17.3. The molecule has 1 aromatic heterocycles. The van der Waals surface area contributed by atoms with E-state index in [2.05, 4.69) is 26.3 Å². The predicted molar refractivity (Wildman–Crippen MR) is 117 cm³/mol. The number of tetrazole rings is 1. The van der Waals surface area contributed by atoms with Crippen LogP contribution in [0, 0.1) is 0 Å². The molecule has 4 amide bonds. The molecule has 0 aliphatic carbocycles. The van der Waals surface area contributed by atoms with Crippen LogP contribution < -0.4 is 10.7 Å². The van der Waals surface area contributed by atoms with Gasteiger partial charge in [0.25, 0.3) is 5.91 Å². The maximum absolute atomic E-state index is 12.9. The Balaban J connectivity index is 1.34. The predicted octanol–water partition coefficient (Wildman–Crippen LogP) is 1.73. The summed E-state index contributed by atoms with van der Waals surface area (Å²) in [6.07, 6.45) is 1.03. The van der Waals surface area contributed by atoms with E-state index in [1.54, 1.807) is 6.92 Å². The van der Waals surface area contributed by atoms with E-state index >= 15 is 0 Å². The van der Waals surface area contributed by atoms with E-state index in [1.165, 1.54) is 4.68 Å². The minimum Gasteiger partial charge on any atom is -0.322 e. The second kappa shape index (κ2) is 9.18. The molecule has 3 aromatic rings. The monoisotopic (exact) mass is 451 g/mol. The Morgan fingerprint density at radius 3 is 2.50 bits per heavy atom. The summed E-state index contributed by atoms with van der Waals surface area (Å²) in [5, 5.41) is 15.4. The molecular formula is C21H21N7O3S. The number of aromatic nitrogens is 4. The number of nitrogens with one attached hydrogen (secondary N) is 2. The number of aryl methyl sites for hydroxylation is 1. The number of urea groups is 1. The van der Waals surface area contributed by atoms with Crippen LogP contribution in [0.25, 0.3) is 5.69 Å². The fraction of sp³-hybridized carbons (Fsp3) is 0.238. The number of imide groups is 1. The van der Waals surface area contributed by atoms with Gasteiger partial charge in [0.1, 0.15) is 5.54 Å². The van der Waals surface area contributed by atoms with Crippen LogP contribution in [0.1, 0.15) is 18.9 Å². The first-order valence-corrected chi connectivity index (χ1v) is 10.9. The SMILES string of the molecule is CC1(CCc2ccccc2)NC(=O)N(NC(=O)CSc2nnnn2-c2ccccc2)C1=O. The number of carbonyl (C=O) groups is 3. The highest BCUT2D eigenvalue weighted by Crippen LogP contribution is 2.23. The van der Waals surface area contributed by atoms with Gasteiger partial charge in [0.05, 0.1) is 11.4 Å². The Kier molecular flexibility index (Phi) is 6.17. The van der Waals surface area contributed by atoms with Gasteiger partial charge in [-0.25, -0.2) is 4.79 Å². The first-order chi connectivity index (χ1) is 15.5. The average molecular weight is 452 g/mol. The smallest absolute Gasteiger partial charge is 0.322 e. The van der Waals surface area contributed by atoms with Crippen molar-refractivity contribution >= 4 is 29.6 Å². The standard InChI is InChI=1S/C21H21N7O3S/c1-21(13-12-15-8-4-2-5-9-15)18(30)28(19(31)22-21)24-17(29)14-32-20-23-25-26-27(20)16-10-6-3-7-11-16/h2-11H,12-14H2,1H3,(H,22,31)(H,24,29). The third kappa shape index (κ3) is 4.62. The third-order valence-electron chi connectivity index (χ3n) is 5.03. The van der Waals surface area contributed by atoms with E-state index in [1.807, 2.05) is 60.7 Å². The summed E-state index contributed by atoms with van der Waals surface area (Å²) in [6, 6.07) is 18.3. The number of nitrogens with zero attached hydrogens (tertiary/aromatic N) is 5. The quantitative estimate of drug-likeness (QED) is 0.395. The minimum absolute atomic E-state index is 0.0784. The van der Waals surface area contributed by atoms with E-state index in [4.69, 9.17) is 0 Å². The van der Waals surface area contributed by atoms with E-state index in [0.717, 1.165) is 28.0 Å². The lowest BCUT2D eigenvalue weighted by Crippen LogP contribution is -2.49. The highest BCUT2D eigenvalue weighted by atomic mass is 32.2. The second-order valence-corrected chi connectivity index (χ2v) is 8.36. The van der Waals surface area contributed by atoms with Crippen molar-refractivity contribution in [2.75, 3.05) is 5.75 Å². The van der Waals surface area contributed by atoms with Crippen LogP contribution in [-0.4, -0.2) is 54.4 Å². The molecule has 10 nitrogen and oxygen atoms in total. The van der Waals surface area contributed by atoms with Crippen molar-refractivity contribution in [3.8, 4) is 5.69 Å². The first kappa shape index (κ1) is 21.5. The summed E-state index contributed by atoms with van der Waals surface area (Å²) in [6.45, 7) is 1.66. The minimum atomic E-state index is -1.09. The maximum atomic E-state index is 12.9. The summed E-state index contributed by atoms with van der Waals surface area (Å²) in [5.41, 5.74) is 3.11. The van der Waals surface area contributed by atoms with E-state index in [0.29, 0.717) is 18.0 Å². The fourth-order valence-electron chi connectivity index (χ4n) is 3.28. The van der Waals surface area contributed by atoms with Gasteiger partial charge in [0.15, 0.2) is 0 Å². The normalized spacial score (nSPS) is 18.0. The number of thioether (sulfide) groups is 1. The molecule has 0 saturated carbocycles. The van der Waals surface area contributed by atoms with E-state index in [9.17, 15) is 14.4 Å². The van der Waals surface area contributed by atoms with Gasteiger partial charge in [0, 0.05) is 0 Å². The van der Waals surface area contributed by atoms with Crippen LogP contribution >= 0.6 is 11.8 Å². The number of rotatable bonds is 8. The molecule has 2 heterocycles. The van der Waals surface area contributed by atoms with E-state index < -0.39 is 23.4 Å². The number of amides is 4. The molecule has 1 fully saturated rings. The fourth-order valence-corrected chi connectivity index (χ4v) is 3.96. The highest BCUT2D eigenvalue weighted by molar-refractivity contribution is 7.99. The van der Waals surface area contributed by atoms with Crippen molar-refractivity contribution in [1.29, 1.82) is 0 Å². The summed E-state index contributed by atoms with van der Waals surface area (Å²) >= 11 is 1.10. The molecule has 11 heteroatoms. The molecule has 1 aliphatic rings. The Hall–Kier alpha value is -3.73. The second-order valence-electron chi connectivity index (χ2n) is 7.42. The molecule has 0 spiro atoms. The molecule has 1 unspecified atom stereocenters. The Morgan fingerprint density at radius 2 is 1.78 bits per heavy atom.